The molecule has 0 heterocycles. The molecule has 0 aromatic carbocycles. The van der Waals surface area contributed by atoms with Crippen LogP contribution in [-0.4, -0.2) is 20.3 Å². The quantitative estimate of drug-likeness (QED) is 0.568. The van der Waals surface area contributed by atoms with Gasteiger partial charge < -0.3 is 4.43 Å². The predicted octanol–water partition coefficient (Wildman–Crippen LogP) is 3.23. The molecule has 0 aliphatic heterocycles. The molecular weight excluding hydrogens is 228 g/mol. The first kappa shape index (κ1) is 12.7. The van der Waals surface area contributed by atoms with Gasteiger partial charge in [0.1, 0.15) is 0 Å². The van der Waals surface area contributed by atoms with Crippen molar-refractivity contribution in [1.29, 1.82) is 0 Å². The summed E-state index contributed by atoms with van der Waals surface area (Å²) < 4.78 is 5.75. The van der Waals surface area contributed by atoms with Gasteiger partial charge in [-0.1, -0.05) is 11.2 Å². The van der Waals surface area contributed by atoms with Crippen LogP contribution in [0.15, 0.2) is 11.6 Å². The maximum absolute atomic E-state index is 11.8. The Morgan fingerprint density at radius 3 is 2.41 bits per heavy atom. The van der Waals surface area contributed by atoms with Gasteiger partial charge in [-0.3, -0.25) is 0 Å². The summed E-state index contributed by atoms with van der Waals surface area (Å²) in [6, 6.07) is 0. The van der Waals surface area contributed by atoms with Crippen molar-refractivity contribution in [3.8, 4) is 0 Å². The fourth-order valence-electron chi connectivity index (χ4n) is 3.38. The van der Waals surface area contributed by atoms with Gasteiger partial charge in [-0.05, 0) is 58.8 Å². The summed E-state index contributed by atoms with van der Waals surface area (Å²) in [6.07, 6.45) is 8.17. The molecule has 0 aromatic heterocycles. The lowest BCUT2D eigenvalue weighted by Gasteiger charge is -2.27. The van der Waals surface area contributed by atoms with E-state index in [-0.39, 0.29) is 5.97 Å². The van der Waals surface area contributed by atoms with Gasteiger partial charge in [-0.2, -0.15) is 0 Å². The van der Waals surface area contributed by atoms with E-state index in [0.717, 1.165) is 11.5 Å². The van der Waals surface area contributed by atoms with E-state index in [9.17, 15) is 4.79 Å². The van der Waals surface area contributed by atoms with Gasteiger partial charge in [0.2, 0.25) is 8.65 Å². The molecule has 17 heavy (non-hydrogen) atoms. The highest BCUT2D eigenvalue weighted by Gasteiger charge is 2.49. The van der Waals surface area contributed by atoms with E-state index < -0.39 is 8.65 Å². The van der Waals surface area contributed by atoms with E-state index in [2.05, 4.69) is 12.6 Å². The zero-order chi connectivity index (χ0) is 12.5. The Morgan fingerprint density at radius 1 is 1.35 bits per heavy atom. The van der Waals surface area contributed by atoms with Crippen LogP contribution in [0.2, 0.25) is 5.04 Å². The van der Waals surface area contributed by atoms with Crippen molar-refractivity contribution in [3.05, 3.63) is 11.6 Å². The van der Waals surface area contributed by atoms with Crippen LogP contribution >= 0.6 is 0 Å². The molecule has 0 atom stereocenters. The van der Waals surface area contributed by atoms with Crippen LogP contribution in [0.25, 0.3) is 0 Å². The summed E-state index contributed by atoms with van der Waals surface area (Å²) in [4.78, 5) is 11.8. The number of hydrogen-bond donors (Lipinski definition) is 0. The molecule has 0 spiro atoms. The maximum Gasteiger partial charge on any atom is 0.322 e. The van der Waals surface area contributed by atoms with Crippen molar-refractivity contribution in [1.82, 2.24) is 0 Å². The molecule has 2 saturated carbocycles. The Balaban J connectivity index is 2.08. The zero-order valence-electron chi connectivity index (χ0n) is 11.1. The third kappa shape index (κ3) is 2.59. The molecular formula is C14H22O2Si. The molecule has 2 bridgehead atoms. The molecule has 0 radical (unpaired) electrons. The van der Waals surface area contributed by atoms with E-state index in [0.29, 0.717) is 5.04 Å². The lowest BCUT2D eigenvalue weighted by atomic mass is 10.0. The van der Waals surface area contributed by atoms with E-state index in [4.69, 9.17) is 4.43 Å². The Labute approximate surface area is 105 Å². The van der Waals surface area contributed by atoms with Crippen molar-refractivity contribution in [2.24, 2.45) is 5.92 Å². The van der Waals surface area contributed by atoms with Gasteiger partial charge in [0.25, 0.3) is 0 Å². The highest BCUT2D eigenvalue weighted by molar-refractivity contribution is 6.64. The molecule has 2 aliphatic carbocycles. The lowest BCUT2D eigenvalue weighted by Crippen LogP contribution is -2.29. The molecule has 2 aliphatic rings. The summed E-state index contributed by atoms with van der Waals surface area (Å²) in [5.74, 6) is 0.777. The highest BCUT2D eigenvalue weighted by Crippen LogP contribution is 2.59. The van der Waals surface area contributed by atoms with Gasteiger partial charge in [0.05, 0.1) is 0 Å². The second-order valence-electron chi connectivity index (χ2n) is 5.72. The average molecular weight is 250 g/mol. The number of rotatable bonds is 3. The fourth-order valence-corrected chi connectivity index (χ4v) is 5.88. The first-order valence-electron chi connectivity index (χ1n) is 6.59. The van der Waals surface area contributed by atoms with Crippen molar-refractivity contribution >= 4 is 20.3 Å². The van der Waals surface area contributed by atoms with E-state index in [1.165, 1.54) is 32.1 Å². The van der Waals surface area contributed by atoms with Crippen molar-refractivity contribution in [2.45, 2.75) is 57.9 Å². The highest BCUT2D eigenvalue weighted by atomic mass is 28.3. The normalized spacial score (nSPS) is 31.5. The molecule has 0 unspecified atom stereocenters. The minimum atomic E-state index is -1.09. The van der Waals surface area contributed by atoms with Gasteiger partial charge in [0.15, 0.2) is 0 Å². The molecule has 0 amide bonds. The standard InChI is InChI=1S/C14H22O2Si/c1-4-17(16-13(15)9-11(2)3)14-7-5-12(10-14)6-8-14/h4,9,12H,5-8,10H2,1-3H3. The SMILES string of the molecule is CC=[Si](OC(=O)C=C(C)C)C12CCC(CC1)C2. The number of allylic oxidation sites excluding steroid dienone is 1. The molecule has 0 aromatic rings. The Morgan fingerprint density at radius 2 is 2.00 bits per heavy atom. The Kier molecular flexibility index (Phi) is 3.66. The first-order valence-corrected chi connectivity index (χ1v) is 8.08. The third-order valence-electron chi connectivity index (χ3n) is 4.14. The van der Waals surface area contributed by atoms with Crippen molar-refractivity contribution in [3.63, 3.8) is 0 Å². The van der Waals surface area contributed by atoms with Crippen LogP contribution in [0.5, 0.6) is 0 Å². The van der Waals surface area contributed by atoms with Crippen LogP contribution in [0.4, 0.5) is 0 Å². The summed E-state index contributed by atoms with van der Waals surface area (Å²) >= 11 is 0. The average Bonchev–Trinajstić information content (AvgIpc) is 2.85. The summed E-state index contributed by atoms with van der Waals surface area (Å²) in [6.45, 7) is 5.93. The van der Waals surface area contributed by atoms with Crippen molar-refractivity contribution in [2.75, 3.05) is 0 Å². The predicted molar refractivity (Wildman–Crippen MR) is 72.3 cm³/mol. The third-order valence-corrected chi connectivity index (χ3v) is 6.84. The molecule has 2 fully saturated rings. The molecule has 2 nitrogen and oxygen atoms in total. The zero-order valence-corrected chi connectivity index (χ0v) is 12.1. The fraction of sp³-hybridized carbons (Fsp3) is 0.714. The topological polar surface area (TPSA) is 26.3 Å². The van der Waals surface area contributed by atoms with Crippen molar-refractivity contribution < 1.29 is 9.22 Å². The number of carbonyl (C=O) groups is 1. The van der Waals surface area contributed by atoms with Crippen LogP contribution in [-0.2, 0) is 9.22 Å². The molecule has 94 valence electrons. The van der Waals surface area contributed by atoms with E-state index in [1.54, 1.807) is 6.08 Å². The lowest BCUT2D eigenvalue weighted by molar-refractivity contribution is -0.129. The molecule has 3 heteroatoms. The van der Waals surface area contributed by atoms with Crippen LogP contribution < -0.4 is 0 Å². The summed E-state index contributed by atoms with van der Waals surface area (Å²) in [5.41, 5.74) is 3.19. The number of carbonyl (C=O) groups excluding carboxylic acids is 1. The number of hydrogen-bond acceptors (Lipinski definition) is 2. The van der Waals surface area contributed by atoms with Crippen LogP contribution in [0.3, 0.4) is 0 Å². The Hall–Kier alpha value is -0.703. The van der Waals surface area contributed by atoms with Gasteiger partial charge in [-0.25, -0.2) is 4.79 Å². The second-order valence-corrected chi connectivity index (χ2v) is 8.29. The van der Waals surface area contributed by atoms with Gasteiger partial charge in [-0.15, -0.1) is 0 Å². The minimum absolute atomic E-state index is 0.137. The first-order chi connectivity index (χ1) is 8.05. The second kappa shape index (κ2) is 4.89. The van der Waals surface area contributed by atoms with E-state index in [1.807, 2.05) is 13.8 Å². The summed E-state index contributed by atoms with van der Waals surface area (Å²) in [5, 5.41) is 0.370. The number of fused-ring (bicyclic) bond motifs is 2. The smallest absolute Gasteiger partial charge is 0.322 e. The minimum Gasteiger partial charge on any atom is -0.488 e. The van der Waals surface area contributed by atoms with E-state index >= 15 is 0 Å². The maximum atomic E-state index is 11.8. The van der Waals surface area contributed by atoms with Gasteiger partial charge in [0, 0.05) is 11.1 Å². The van der Waals surface area contributed by atoms with Gasteiger partial charge >= 0.3 is 5.97 Å². The van der Waals surface area contributed by atoms with Crippen LogP contribution in [0, 0.1) is 5.92 Å². The largest absolute Gasteiger partial charge is 0.488 e. The molecule has 0 N–H and O–H groups in total. The molecule has 2 rings (SSSR count). The Bertz CT molecular complexity index is 370. The molecule has 0 saturated heterocycles. The summed E-state index contributed by atoms with van der Waals surface area (Å²) in [7, 11) is -1.09. The monoisotopic (exact) mass is 250 g/mol. The van der Waals surface area contributed by atoms with Crippen LogP contribution in [0.1, 0.15) is 52.9 Å².